The van der Waals surface area contributed by atoms with E-state index in [9.17, 15) is 19.5 Å². The maximum Gasteiger partial charge on any atom is 0.407 e. The van der Waals surface area contributed by atoms with Gasteiger partial charge in [-0.05, 0) is 66.2 Å². The predicted octanol–water partition coefficient (Wildman–Crippen LogP) is 4.02. The van der Waals surface area contributed by atoms with Crippen LogP contribution < -0.4 is 5.32 Å². The Labute approximate surface area is 204 Å². The Morgan fingerprint density at radius 1 is 1.00 bits per heavy atom. The van der Waals surface area contributed by atoms with E-state index in [2.05, 4.69) is 29.6 Å². The Balaban J connectivity index is 1.03. The van der Waals surface area contributed by atoms with Crippen LogP contribution in [-0.4, -0.2) is 53.2 Å². The van der Waals surface area contributed by atoms with Gasteiger partial charge >= 0.3 is 12.1 Å². The number of carboxylic acids is 1. The van der Waals surface area contributed by atoms with Gasteiger partial charge in [0, 0.05) is 24.9 Å². The lowest BCUT2D eigenvalue weighted by molar-refractivity contribution is -0.171. The number of benzene rings is 2. The normalized spacial score (nSPS) is 28.2. The van der Waals surface area contributed by atoms with Crippen molar-refractivity contribution >= 4 is 18.0 Å². The van der Waals surface area contributed by atoms with E-state index < -0.39 is 17.6 Å². The topological polar surface area (TPSA) is 95.9 Å². The summed E-state index contributed by atoms with van der Waals surface area (Å²) in [6.07, 6.45) is 3.06. The summed E-state index contributed by atoms with van der Waals surface area (Å²) >= 11 is 0. The van der Waals surface area contributed by atoms with E-state index in [0.717, 1.165) is 24.0 Å². The van der Waals surface area contributed by atoms with Gasteiger partial charge in [-0.2, -0.15) is 0 Å². The molecule has 2 aliphatic heterocycles. The Morgan fingerprint density at radius 2 is 1.63 bits per heavy atom. The van der Waals surface area contributed by atoms with E-state index in [4.69, 9.17) is 4.74 Å². The van der Waals surface area contributed by atoms with Crippen LogP contribution in [0.5, 0.6) is 0 Å². The van der Waals surface area contributed by atoms with Crippen molar-refractivity contribution in [2.45, 2.75) is 43.6 Å². The number of hydrogen-bond donors (Lipinski definition) is 2. The van der Waals surface area contributed by atoms with Crippen molar-refractivity contribution in [3.05, 3.63) is 59.7 Å². The molecule has 2 saturated carbocycles. The first kappa shape index (κ1) is 22.1. The number of fused-ring (bicyclic) bond motifs is 6. The molecule has 2 aromatic carbocycles. The second-order valence-corrected chi connectivity index (χ2v) is 10.5. The molecule has 2 amide bonds. The van der Waals surface area contributed by atoms with Gasteiger partial charge in [0.2, 0.25) is 5.91 Å². The number of nitrogens with one attached hydrogen (secondary N) is 1. The molecule has 35 heavy (non-hydrogen) atoms. The zero-order chi connectivity index (χ0) is 24.2. The fourth-order valence-corrected chi connectivity index (χ4v) is 6.51. The Hall–Kier alpha value is -3.35. The fraction of sp³-hybridized carbons (Fsp3) is 0.464. The number of piperidine rings is 2. The van der Waals surface area contributed by atoms with Crippen LogP contribution in [0.25, 0.3) is 11.1 Å². The fourth-order valence-electron chi connectivity index (χ4n) is 6.51. The van der Waals surface area contributed by atoms with Crippen molar-refractivity contribution in [3.63, 3.8) is 0 Å². The minimum atomic E-state index is -1.03. The summed E-state index contributed by atoms with van der Waals surface area (Å²) in [6.45, 7) is 1.17. The third-order valence-corrected chi connectivity index (χ3v) is 8.65. The van der Waals surface area contributed by atoms with Crippen molar-refractivity contribution in [1.82, 2.24) is 10.2 Å². The van der Waals surface area contributed by atoms with Crippen LogP contribution in [0.1, 0.15) is 49.1 Å². The molecule has 7 rings (SSSR count). The second kappa shape index (κ2) is 8.40. The maximum absolute atomic E-state index is 13.2. The molecule has 7 nitrogen and oxygen atoms in total. The predicted molar refractivity (Wildman–Crippen MR) is 129 cm³/mol. The summed E-state index contributed by atoms with van der Waals surface area (Å²) < 4.78 is 5.59. The van der Waals surface area contributed by atoms with E-state index in [1.807, 2.05) is 24.3 Å². The zero-order valence-electron chi connectivity index (χ0n) is 19.6. The van der Waals surface area contributed by atoms with E-state index in [-0.39, 0.29) is 30.3 Å². The summed E-state index contributed by atoms with van der Waals surface area (Å²) in [6, 6.07) is 16.4. The van der Waals surface area contributed by atoms with Gasteiger partial charge in [-0.25, -0.2) is 9.59 Å². The number of hydrogen-bond acceptors (Lipinski definition) is 4. The summed E-state index contributed by atoms with van der Waals surface area (Å²) in [5, 5.41) is 12.7. The van der Waals surface area contributed by atoms with Crippen LogP contribution in [0.2, 0.25) is 0 Å². The molecule has 0 aromatic heterocycles. The van der Waals surface area contributed by atoms with Crippen LogP contribution in [0.3, 0.4) is 0 Å². The molecular formula is C28H30N2O5. The number of alkyl carbamates (subject to hydrolysis) is 1. The Bertz CT molecular complexity index is 1140. The van der Waals surface area contributed by atoms with Gasteiger partial charge in [0.1, 0.15) is 12.1 Å². The van der Waals surface area contributed by atoms with Gasteiger partial charge in [0.05, 0.1) is 0 Å². The summed E-state index contributed by atoms with van der Waals surface area (Å²) in [5.74, 6) is -0.690. The van der Waals surface area contributed by atoms with Crippen LogP contribution >= 0.6 is 0 Å². The number of carbonyl (C=O) groups excluding carboxylic acids is 2. The number of carbonyl (C=O) groups is 3. The van der Waals surface area contributed by atoms with Crippen molar-refractivity contribution in [3.8, 4) is 11.1 Å². The number of nitrogens with zero attached hydrogens (tertiary/aromatic N) is 1. The lowest BCUT2D eigenvalue weighted by Crippen LogP contribution is -2.64. The SMILES string of the molecule is O=C(NC[C@H]1C[C@H]1C(=O)N1CC2CCC1(C(=O)O)CC2)OCC1c2ccccc2-c2ccccc21. The lowest BCUT2D eigenvalue weighted by atomic mass is 9.70. The number of rotatable bonds is 6. The van der Waals surface area contributed by atoms with Crippen molar-refractivity contribution < 1.29 is 24.2 Å². The van der Waals surface area contributed by atoms with Crippen molar-refractivity contribution in [2.75, 3.05) is 19.7 Å². The van der Waals surface area contributed by atoms with Crippen LogP contribution in [-0.2, 0) is 14.3 Å². The Kier molecular flexibility index (Phi) is 5.31. The third kappa shape index (κ3) is 3.68. The number of carboxylic acid groups (broad SMARTS) is 1. The highest BCUT2D eigenvalue weighted by Crippen LogP contribution is 2.48. The highest BCUT2D eigenvalue weighted by molar-refractivity contribution is 5.90. The van der Waals surface area contributed by atoms with Gasteiger partial charge in [0.25, 0.3) is 0 Å². The monoisotopic (exact) mass is 474 g/mol. The largest absolute Gasteiger partial charge is 0.479 e. The van der Waals surface area contributed by atoms with Crippen LogP contribution in [0.15, 0.2) is 48.5 Å². The number of ether oxygens (including phenoxy) is 1. The molecule has 5 aliphatic rings. The molecule has 2 saturated heterocycles. The van der Waals surface area contributed by atoms with Gasteiger partial charge in [-0.3, -0.25) is 4.79 Å². The van der Waals surface area contributed by atoms with Gasteiger partial charge in [0.15, 0.2) is 0 Å². The van der Waals surface area contributed by atoms with Crippen LogP contribution in [0, 0.1) is 17.8 Å². The molecule has 4 fully saturated rings. The average molecular weight is 475 g/mol. The smallest absolute Gasteiger partial charge is 0.407 e. The van der Waals surface area contributed by atoms with Gasteiger partial charge in [-0.15, -0.1) is 0 Å². The van der Waals surface area contributed by atoms with Crippen molar-refractivity contribution in [1.29, 1.82) is 0 Å². The molecule has 2 bridgehead atoms. The molecule has 2 N–H and O–H groups in total. The van der Waals surface area contributed by atoms with Gasteiger partial charge < -0.3 is 20.1 Å². The van der Waals surface area contributed by atoms with Crippen molar-refractivity contribution in [2.24, 2.45) is 17.8 Å². The molecule has 3 aliphatic carbocycles. The molecule has 182 valence electrons. The first-order valence-electron chi connectivity index (χ1n) is 12.6. The zero-order valence-corrected chi connectivity index (χ0v) is 19.6. The Morgan fingerprint density at radius 3 is 2.26 bits per heavy atom. The molecule has 2 atom stereocenters. The average Bonchev–Trinajstić information content (AvgIpc) is 3.61. The second-order valence-electron chi connectivity index (χ2n) is 10.5. The summed E-state index contributed by atoms with van der Waals surface area (Å²) in [5.41, 5.74) is 3.67. The third-order valence-electron chi connectivity index (χ3n) is 8.65. The number of aliphatic carboxylic acids is 1. The highest BCUT2D eigenvalue weighted by atomic mass is 16.5. The molecule has 7 heteroatoms. The summed E-state index contributed by atoms with van der Waals surface area (Å²) in [7, 11) is 0. The molecular weight excluding hydrogens is 444 g/mol. The standard InChI is InChI=1S/C28H30N2O5/c31-25(30-15-17-9-11-28(30,12-10-17)26(32)33)23-13-18(23)14-29-27(34)35-16-24-21-7-3-1-5-19(21)20-6-2-4-8-22(20)24/h1-8,17-18,23-24H,9-16H2,(H,29,34)(H,32,33)/t17?,18-,23-,28?/m1/s1. The molecule has 2 aromatic rings. The summed E-state index contributed by atoms with van der Waals surface area (Å²) in [4.78, 5) is 39.3. The van der Waals surface area contributed by atoms with Gasteiger partial charge in [-0.1, -0.05) is 48.5 Å². The van der Waals surface area contributed by atoms with Crippen LogP contribution in [0.4, 0.5) is 4.79 Å². The molecule has 0 spiro atoms. The van der Waals surface area contributed by atoms with E-state index in [1.54, 1.807) is 4.90 Å². The quantitative estimate of drug-likeness (QED) is 0.659. The minimum absolute atomic E-state index is 0.00475. The molecule has 2 heterocycles. The minimum Gasteiger partial charge on any atom is -0.479 e. The first-order valence-corrected chi connectivity index (χ1v) is 12.6. The first-order chi connectivity index (χ1) is 17.0. The molecule has 0 unspecified atom stereocenters. The van der Waals surface area contributed by atoms with E-state index in [0.29, 0.717) is 38.3 Å². The van der Waals surface area contributed by atoms with E-state index >= 15 is 0 Å². The van der Waals surface area contributed by atoms with E-state index in [1.165, 1.54) is 11.1 Å². The number of amides is 2. The maximum atomic E-state index is 13.2. The lowest BCUT2D eigenvalue weighted by Gasteiger charge is -2.52. The molecule has 0 radical (unpaired) electrons. The highest BCUT2D eigenvalue weighted by Gasteiger charge is 2.57.